The van der Waals surface area contributed by atoms with E-state index >= 15 is 0 Å². The molecule has 0 rings (SSSR count). The first-order valence-corrected chi connectivity index (χ1v) is 3.49. The van der Waals surface area contributed by atoms with Gasteiger partial charge in [0.2, 0.25) is 0 Å². The monoisotopic (exact) mass is 153 g/mol. The molecule has 0 aromatic rings. The fourth-order valence-corrected chi connectivity index (χ4v) is 0.592. The Morgan fingerprint density at radius 1 is 1.73 bits per heavy atom. The van der Waals surface area contributed by atoms with Crippen LogP contribution >= 0.6 is 0 Å². The molecule has 0 aromatic heterocycles. The fourth-order valence-electron chi connectivity index (χ4n) is 0.592. The molecule has 3 N–H and O–H groups in total. The Balaban J connectivity index is 3.98. The highest BCUT2D eigenvalue weighted by Crippen LogP contribution is 1.88. The molecule has 0 atom stereocenters. The molecule has 0 fully saturated rings. The second-order valence-corrected chi connectivity index (χ2v) is 2.14. The Hall–Kier alpha value is -1.09. The molecule has 0 radical (unpaired) electrons. The number of nitrogens with two attached hydrogens (primary N) is 1. The van der Waals surface area contributed by atoms with Gasteiger partial charge in [-0.3, -0.25) is 0 Å². The van der Waals surface area contributed by atoms with Crippen LogP contribution in [0.4, 0.5) is 0 Å². The van der Waals surface area contributed by atoms with Gasteiger partial charge < -0.3 is 11.1 Å². The molecule has 0 amide bonds. The minimum atomic E-state index is 0.334. The largest absolute Gasteiger partial charge is 0.384 e. The van der Waals surface area contributed by atoms with Crippen molar-refractivity contribution in [3.05, 3.63) is 24.0 Å². The minimum Gasteiger partial charge on any atom is -0.384 e. The predicted octanol–water partition coefficient (Wildman–Crippen LogP) is 0.653. The van der Waals surface area contributed by atoms with Gasteiger partial charge in [0.15, 0.2) is 0 Å². The van der Waals surface area contributed by atoms with Gasteiger partial charge in [-0.2, -0.15) is 0 Å². The molecular weight excluding hydrogens is 138 g/mol. The number of allylic oxidation sites excluding steroid dienone is 1. The molecular formula is C8H15N3. The lowest BCUT2D eigenvalue weighted by Crippen LogP contribution is -2.11. The third-order valence-corrected chi connectivity index (χ3v) is 1.15. The SMILES string of the molecule is C=C(N)/N=C\C(=C/C)CNC. The van der Waals surface area contributed by atoms with Crippen molar-refractivity contribution in [2.75, 3.05) is 13.6 Å². The standard InChI is InChI=1S/C8H15N3/c1-4-8(5-10-3)6-11-7(2)9/h4,6,10H,2,5,9H2,1,3H3/b8-4-,11-6-. The van der Waals surface area contributed by atoms with Crippen LogP contribution in [0.2, 0.25) is 0 Å². The summed E-state index contributed by atoms with van der Waals surface area (Å²) in [6, 6.07) is 0. The maximum atomic E-state index is 5.25. The van der Waals surface area contributed by atoms with Gasteiger partial charge in [-0.1, -0.05) is 12.7 Å². The summed E-state index contributed by atoms with van der Waals surface area (Å²) in [5, 5.41) is 3.01. The van der Waals surface area contributed by atoms with E-state index in [9.17, 15) is 0 Å². The second-order valence-electron chi connectivity index (χ2n) is 2.14. The molecule has 0 heterocycles. The maximum Gasteiger partial charge on any atom is 0.115 e. The Bertz CT molecular complexity index is 180. The normalized spacial score (nSPS) is 12.4. The Kier molecular flexibility index (Phi) is 5.11. The van der Waals surface area contributed by atoms with Crippen LogP contribution < -0.4 is 11.1 Å². The Morgan fingerprint density at radius 2 is 2.36 bits per heavy atom. The minimum absolute atomic E-state index is 0.334. The number of hydrogen-bond acceptors (Lipinski definition) is 3. The number of likely N-dealkylation sites (N-methyl/N-ethyl adjacent to an activating group) is 1. The van der Waals surface area contributed by atoms with Gasteiger partial charge in [-0.15, -0.1) is 0 Å². The van der Waals surface area contributed by atoms with E-state index in [4.69, 9.17) is 5.73 Å². The molecule has 0 aromatic carbocycles. The van der Waals surface area contributed by atoms with Gasteiger partial charge in [0.1, 0.15) is 5.82 Å². The van der Waals surface area contributed by atoms with E-state index in [2.05, 4.69) is 16.9 Å². The molecule has 0 aliphatic carbocycles. The van der Waals surface area contributed by atoms with Crippen molar-refractivity contribution in [3.63, 3.8) is 0 Å². The first-order chi connectivity index (χ1) is 5.20. The van der Waals surface area contributed by atoms with Crippen LogP contribution in [0.1, 0.15) is 6.92 Å². The summed E-state index contributed by atoms with van der Waals surface area (Å²) in [5.74, 6) is 0.334. The summed E-state index contributed by atoms with van der Waals surface area (Å²) in [6.45, 7) is 6.21. The third-order valence-electron chi connectivity index (χ3n) is 1.15. The van der Waals surface area contributed by atoms with Crippen molar-refractivity contribution in [3.8, 4) is 0 Å². The summed E-state index contributed by atoms with van der Waals surface area (Å²) in [7, 11) is 1.88. The van der Waals surface area contributed by atoms with Gasteiger partial charge in [-0.05, 0) is 19.5 Å². The molecule has 62 valence electrons. The summed E-state index contributed by atoms with van der Waals surface area (Å²) in [6.07, 6.45) is 3.68. The lowest BCUT2D eigenvalue weighted by atomic mass is 10.3. The van der Waals surface area contributed by atoms with E-state index in [1.807, 2.05) is 20.0 Å². The second kappa shape index (κ2) is 5.68. The zero-order valence-electron chi connectivity index (χ0n) is 7.09. The highest BCUT2D eigenvalue weighted by atomic mass is 14.9. The van der Waals surface area contributed by atoms with Crippen molar-refractivity contribution in [1.82, 2.24) is 5.32 Å². The average Bonchev–Trinajstić information content (AvgIpc) is 1.97. The average molecular weight is 153 g/mol. The first kappa shape index (κ1) is 9.91. The van der Waals surface area contributed by atoms with Crippen molar-refractivity contribution in [1.29, 1.82) is 0 Å². The van der Waals surface area contributed by atoms with Crippen molar-refractivity contribution in [2.45, 2.75) is 6.92 Å². The van der Waals surface area contributed by atoms with Crippen molar-refractivity contribution >= 4 is 6.21 Å². The van der Waals surface area contributed by atoms with E-state index in [0.29, 0.717) is 5.82 Å². The molecule has 0 aliphatic rings. The predicted molar refractivity (Wildman–Crippen MR) is 49.5 cm³/mol. The lowest BCUT2D eigenvalue weighted by molar-refractivity contribution is 0.903. The van der Waals surface area contributed by atoms with E-state index in [0.717, 1.165) is 12.1 Å². The smallest absolute Gasteiger partial charge is 0.115 e. The van der Waals surface area contributed by atoms with Crippen LogP contribution in [0.25, 0.3) is 0 Å². The fraction of sp³-hybridized carbons (Fsp3) is 0.375. The van der Waals surface area contributed by atoms with Crippen LogP contribution in [0, 0.1) is 0 Å². The van der Waals surface area contributed by atoms with E-state index < -0.39 is 0 Å². The zero-order valence-corrected chi connectivity index (χ0v) is 7.09. The summed E-state index contributed by atoms with van der Waals surface area (Å²) >= 11 is 0. The van der Waals surface area contributed by atoms with Crippen LogP contribution in [-0.4, -0.2) is 19.8 Å². The van der Waals surface area contributed by atoms with Crippen LogP contribution in [0.5, 0.6) is 0 Å². The molecule has 0 unspecified atom stereocenters. The van der Waals surface area contributed by atoms with Gasteiger partial charge in [-0.25, -0.2) is 4.99 Å². The molecule has 0 spiro atoms. The van der Waals surface area contributed by atoms with E-state index in [-0.39, 0.29) is 0 Å². The summed E-state index contributed by atoms with van der Waals surface area (Å²) < 4.78 is 0. The zero-order chi connectivity index (χ0) is 8.69. The Morgan fingerprint density at radius 3 is 2.73 bits per heavy atom. The highest BCUT2D eigenvalue weighted by molar-refractivity contribution is 5.79. The molecule has 0 bridgehead atoms. The highest BCUT2D eigenvalue weighted by Gasteiger charge is 1.87. The van der Waals surface area contributed by atoms with Gasteiger partial charge in [0, 0.05) is 12.8 Å². The van der Waals surface area contributed by atoms with E-state index in [1.54, 1.807) is 6.21 Å². The number of nitrogens with zero attached hydrogens (tertiary/aromatic N) is 1. The first-order valence-electron chi connectivity index (χ1n) is 3.49. The topological polar surface area (TPSA) is 50.4 Å². The maximum absolute atomic E-state index is 5.25. The third kappa shape index (κ3) is 5.36. The van der Waals surface area contributed by atoms with E-state index in [1.165, 1.54) is 0 Å². The van der Waals surface area contributed by atoms with Crippen molar-refractivity contribution < 1.29 is 0 Å². The van der Waals surface area contributed by atoms with Crippen LogP contribution in [-0.2, 0) is 0 Å². The van der Waals surface area contributed by atoms with Gasteiger partial charge in [0.05, 0.1) is 0 Å². The van der Waals surface area contributed by atoms with Crippen LogP contribution in [0.15, 0.2) is 29.0 Å². The summed E-state index contributed by atoms with van der Waals surface area (Å²) in [4.78, 5) is 3.86. The molecule has 0 saturated heterocycles. The number of nitrogens with one attached hydrogen (secondary N) is 1. The molecule has 0 aliphatic heterocycles. The summed E-state index contributed by atoms with van der Waals surface area (Å²) in [5.41, 5.74) is 6.35. The van der Waals surface area contributed by atoms with Gasteiger partial charge >= 0.3 is 0 Å². The Labute approximate surface area is 67.7 Å². The van der Waals surface area contributed by atoms with Crippen LogP contribution in [0.3, 0.4) is 0 Å². The molecule has 0 saturated carbocycles. The lowest BCUT2D eigenvalue weighted by Gasteiger charge is -1.97. The van der Waals surface area contributed by atoms with Gasteiger partial charge in [0.25, 0.3) is 0 Å². The molecule has 11 heavy (non-hydrogen) atoms. The van der Waals surface area contributed by atoms with Crippen molar-refractivity contribution in [2.24, 2.45) is 10.7 Å². The number of aliphatic imine (C=N–C) groups is 1. The number of rotatable bonds is 4. The molecule has 3 heteroatoms. The number of hydrogen-bond donors (Lipinski definition) is 2. The molecule has 3 nitrogen and oxygen atoms in total. The quantitative estimate of drug-likeness (QED) is 0.583.